The summed E-state index contributed by atoms with van der Waals surface area (Å²) in [5, 5.41) is 0. The molecule has 0 unspecified atom stereocenters. The minimum Gasteiger partial charge on any atom is -0.285 e. The van der Waals surface area contributed by atoms with Gasteiger partial charge >= 0.3 is 0 Å². The van der Waals surface area contributed by atoms with E-state index in [2.05, 4.69) is 4.99 Å². The van der Waals surface area contributed by atoms with Crippen LogP contribution in [0, 0.1) is 0 Å². The quantitative estimate of drug-likeness (QED) is 0.467. The minimum absolute atomic E-state index is 0. The maximum Gasteiger partial charge on any atom is 0.0542 e. The molecule has 0 saturated heterocycles. The van der Waals surface area contributed by atoms with E-state index in [1.54, 1.807) is 11.8 Å². The van der Waals surface area contributed by atoms with Crippen LogP contribution < -0.4 is 0 Å². The van der Waals surface area contributed by atoms with Crippen LogP contribution >= 0.6 is 11.8 Å². The van der Waals surface area contributed by atoms with Gasteiger partial charge < -0.3 is 0 Å². The van der Waals surface area contributed by atoms with E-state index in [9.17, 15) is 0 Å². The van der Waals surface area contributed by atoms with E-state index >= 15 is 0 Å². The Hall–Kier alpha value is 0.643. The molecule has 0 bridgehead atoms. The summed E-state index contributed by atoms with van der Waals surface area (Å²) in [6, 6.07) is 0. The van der Waals surface area contributed by atoms with Gasteiger partial charge in [-0.1, -0.05) is 0 Å². The van der Waals surface area contributed by atoms with Gasteiger partial charge in [-0.15, -0.1) is 11.8 Å². The first-order valence-corrected chi connectivity index (χ1v) is 2.65. The fourth-order valence-electron chi connectivity index (χ4n) is 0.264. The topological polar surface area (TPSA) is 12.4 Å². The van der Waals surface area contributed by atoms with Crippen molar-refractivity contribution < 1.29 is 19.5 Å². The molecule has 1 rings (SSSR count). The van der Waals surface area contributed by atoms with Crippen molar-refractivity contribution in [3.63, 3.8) is 0 Å². The van der Waals surface area contributed by atoms with Crippen LogP contribution in [-0.4, -0.2) is 17.8 Å². The summed E-state index contributed by atoms with van der Waals surface area (Å²) in [6.45, 7) is 1.03. The van der Waals surface area contributed by atoms with Crippen LogP contribution in [0.25, 0.3) is 0 Å². The van der Waals surface area contributed by atoms with E-state index < -0.39 is 0 Å². The molecule has 6 heavy (non-hydrogen) atoms. The number of thioether (sulfide) groups is 1. The summed E-state index contributed by atoms with van der Waals surface area (Å²) in [4.78, 5) is 3.92. The van der Waals surface area contributed by atoms with Crippen LogP contribution in [0.1, 0.15) is 0 Å². The first-order chi connectivity index (χ1) is 2.50. The van der Waals surface area contributed by atoms with Gasteiger partial charge in [0.1, 0.15) is 0 Å². The third-order valence-corrected chi connectivity index (χ3v) is 1.20. The number of hydrogen-bond donors (Lipinski definition) is 0. The SMILES string of the molecule is C1=NCCS1.[Zn]. The van der Waals surface area contributed by atoms with E-state index in [1.165, 1.54) is 5.75 Å². The van der Waals surface area contributed by atoms with E-state index in [0.29, 0.717) is 0 Å². The van der Waals surface area contributed by atoms with E-state index in [0.717, 1.165) is 6.54 Å². The molecular weight excluding hydrogens is 147 g/mol. The molecule has 0 spiro atoms. The van der Waals surface area contributed by atoms with Crippen molar-refractivity contribution in [3.05, 3.63) is 0 Å². The van der Waals surface area contributed by atoms with Crippen LogP contribution in [0.4, 0.5) is 0 Å². The third kappa shape index (κ3) is 1.94. The largest absolute Gasteiger partial charge is 0.285 e. The van der Waals surface area contributed by atoms with Gasteiger partial charge in [0.2, 0.25) is 0 Å². The van der Waals surface area contributed by atoms with Crippen molar-refractivity contribution in [1.82, 2.24) is 0 Å². The molecule has 0 amide bonds. The Morgan fingerprint density at radius 3 is 2.67 bits per heavy atom. The molecule has 0 aliphatic carbocycles. The molecule has 1 heterocycles. The molecule has 0 N–H and O–H groups in total. The Labute approximate surface area is 54.4 Å². The van der Waals surface area contributed by atoms with Crippen molar-refractivity contribution in [1.29, 1.82) is 0 Å². The van der Waals surface area contributed by atoms with Gasteiger partial charge in [-0.25, -0.2) is 0 Å². The second-order valence-corrected chi connectivity index (χ2v) is 1.83. The average molecular weight is 153 g/mol. The summed E-state index contributed by atoms with van der Waals surface area (Å²) in [6.07, 6.45) is 0. The van der Waals surface area contributed by atoms with Crippen LogP contribution in [0.2, 0.25) is 0 Å². The first kappa shape index (κ1) is 6.64. The van der Waals surface area contributed by atoms with Crippen molar-refractivity contribution in [2.75, 3.05) is 12.3 Å². The van der Waals surface area contributed by atoms with Gasteiger partial charge in [0.25, 0.3) is 0 Å². The first-order valence-electron chi connectivity index (χ1n) is 1.60. The number of hydrogen-bond acceptors (Lipinski definition) is 2. The number of nitrogens with zero attached hydrogens (tertiary/aromatic N) is 1. The van der Waals surface area contributed by atoms with E-state index in [-0.39, 0.29) is 19.5 Å². The molecule has 0 fully saturated rings. The molecule has 0 saturated carbocycles. The van der Waals surface area contributed by atoms with Crippen LogP contribution in [0.15, 0.2) is 4.99 Å². The molecule has 0 radical (unpaired) electrons. The fourth-order valence-corrected chi connectivity index (χ4v) is 0.791. The zero-order chi connectivity index (χ0) is 3.54. The maximum atomic E-state index is 3.92. The molecule has 1 nitrogen and oxygen atoms in total. The molecule has 0 aromatic rings. The van der Waals surface area contributed by atoms with E-state index in [4.69, 9.17) is 0 Å². The Morgan fingerprint density at radius 1 is 1.67 bits per heavy atom. The molecule has 0 aromatic heterocycles. The van der Waals surface area contributed by atoms with Gasteiger partial charge in [-0.05, 0) is 0 Å². The second-order valence-electron chi connectivity index (χ2n) is 0.882. The van der Waals surface area contributed by atoms with Crippen molar-refractivity contribution in [2.24, 2.45) is 4.99 Å². The second kappa shape index (κ2) is 3.82. The van der Waals surface area contributed by atoms with Gasteiger partial charge in [0, 0.05) is 31.8 Å². The standard InChI is InChI=1S/C3H5NS.Zn/c1-2-5-3-4-1;/h3H,1-2H2;. The predicted octanol–water partition coefficient (Wildman–Crippen LogP) is 0.759. The predicted molar refractivity (Wildman–Crippen MR) is 25.8 cm³/mol. The van der Waals surface area contributed by atoms with Gasteiger partial charge in [-0.3, -0.25) is 4.99 Å². The van der Waals surface area contributed by atoms with Gasteiger partial charge in [0.05, 0.1) is 5.55 Å². The monoisotopic (exact) mass is 151 g/mol. The molecule has 1 aliphatic rings. The van der Waals surface area contributed by atoms with Gasteiger partial charge in [0.15, 0.2) is 0 Å². The number of rotatable bonds is 0. The zero-order valence-corrected chi connectivity index (χ0v) is 7.34. The Bertz CT molecular complexity index is 48.8. The number of aliphatic imine (C=N–C) groups is 1. The normalized spacial score (nSPS) is 17.3. The van der Waals surface area contributed by atoms with Crippen LogP contribution in [0.3, 0.4) is 0 Å². The Kier molecular flexibility index (Phi) is 4.23. The van der Waals surface area contributed by atoms with Crippen molar-refractivity contribution >= 4 is 17.3 Å². The summed E-state index contributed by atoms with van der Waals surface area (Å²) in [5.74, 6) is 1.19. The summed E-state index contributed by atoms with van der Waals surface area (Å²) in [5.41, 5.74) is 1.90. The fraction of sp³-hybridized carbons (Fsp3) is 0.667. The van der Waals surface area contributed by atoms with Crippen LogP contribution in [0.5, 0.6) is 0 Å². The zero-order valence-electron chi connectivity index (χ0n) is 3.55. The smallest absolute Gasteiger partial charge is 0.0542 e. The molecule has 3 heteroatoms. The molecule has 0 atom stereocenters. The summed E-state index contributed by atoms with van der Waals surface area (Å²) < 4.78 is 0. The third-order valence-electron chi connectivity index (χ3n) is 0.487. The van der Waals surface area contributed by atoms with E-state index in [1.807, 2.05) is 5.55 Å². The Morgan fingerprint density at radius 2 is 2.50 bits per heavy atom. The summed E-state index contributed by atoms with van der Waals surface area (Å²) >= 11 is 1.78. The molecule has 30 valence electrons. The molecular formula is C3H5NSZn. The van der Waals surface area contributed by atoms with Crippen molar-refractivity contribution in [2.45, 2.75) is 0 Å². The molecule has 0 aromatic carbocycles. The molecule has 1 aliphatic heterocycles. The Balaban J connectivity index is 0.000000250. The van der Waals surface area contributed by atoms with Crippen LogP contribution in [-0.2, 0) is 19.5 Å². The minimum atomic E-state index is 0. The van der Waals surface area contributed by atoms with Crippen molar-refractivity contribution in [3.8, 4) is 0 Å². The summed E-state index contributed by atoms with van der Waals surface area (Å²) in [7, 11) is 0. The van der Waals surface area contributed by atoms with Gasteiger partial charge in [-0.2, -0.15) is 0 Å². The average Bonchev–Trinajstić information content (AvgIpc) is 1.76. The maximum absolute atomic E-state index is 3.92.